The van der Waals surface area contributed by atoms with Gasteiger partial charge in [-0.15, -0.1) is 0 Å². The van der Waals surface area contributed by atoms with Crippen molar-refractivity contribution in [3.63, 3.8) is 0 Å². The Hall–Kier alpha value is -3.34. The summed E-state index contributed by atoms with van der Waals surface area (Å²) in [7, 11) is 3.64. The first kappa shape index (κ1) is 15.2. The molecule has 0 saturated carbocycles. The first-order chi connectivity index (χ1) is 12.2. The molecular weight excluding hydrogens is 316 g/mol. The van der Waals surface area contributed by atoms with Crippen LogP contribution in [0.25, 0.3) is 22.3 Å². The van der Waals surface area contributed by atoms with Crippen molar-refractivity contribution < 1.29 is 0 Å². The molecule has 0 aromatic carbocycles. The second-order valence-electron chi connectivity index (χ2n) is 6.10. The monoisotopic (exact) mass is 334 g/mol. The Morgan fingerprint density at radius 1 is 1.36 bits per heavy atom. The number of H-pyrrole nitrogens is 1. The van der Waals surface area contributed by atoms with Crippen molar-refractivity contribution >= 4 is 22.5 Å². The van der Waals surface area contributed by atoms with Crippen molar-refractivity contribution in [2.24, 2.45) is 0 Å². The third-order valence-corrected chi connectivity index (χ3v) is 4.62. The topological polar surface area (TPSA) is 96.8 Å². The maximum absolute atomic E-state index is 8.97. The number of anilines is 2. The van der Waals surface area contributed by atoms with Gasteiger partial charge >= 0.3 is 0 Å². The third-order valence-electron chi connectivity index (χ3n) is 4.62. The van der Waals surface area contributed by atoms with Gasteiger partial charge in [0.2, 0.25) is 0 Å². The molecule has 0 unspecified atom stereocenters. The summed E-state index contributed by atoms with van der Waals surface area (Å²) >= 11 is 0. The largest absolute Gasteiger partial charge is 0.372 e. The average Bonchev–Trinajstić information content (AvgIpc) is 3.03. The maximum atomic E-state index is 8.97. The van der Waals surface area contributed by atoms with Crippen molar-refractivity contribution in [3.05, 3.63) is 30.9 Å². The first-order valence-corrected chi connectivity index (χ1v) is 8.04. The highest BCUT2D eigenvalue weighted by molar-refractivity contribution is 5.94. The van der Waals surface area contributed by atoms with Crippen LogP contribution in [0, 0.1) is 11.5 Å². The van der Waals surface area contributed by atoms with E-state index in [-0.39, 0.29) is 6.04 Å². The van der Waals surface area contributed by atoms with Crippen molar-refractivity contribution in [1.29, 1.82) is 5.26 Å². The Morgan fingerprint density at radius 2 is 2.20 bits per heavy atom. The van der Waals surface area contributed by atoms with Crippen LogP contribution in [0.15, 0.2) is 30.9 Å². The molecular formula is C17H18N8. The fourth-order valence-electron chi connectivity index (χ4n) is 2.99. The number of hydrogen-bond donors (Lipinski definition) is 2. The van der Waals surface area contributed by atoms with E-state index in [0.29, 0.717) is 0 Å². The van der Waals surface area contributed by atoms with Gasteiger partial charge < -0.3 is 20.1 Å². The zero-order valence-corrected chi connectivity index (χ0v) is 14.1. The summed E-state index contributed by atoms with van der Waals surface area (Å²) < 4.78 is 0. The summed E-state index contributed by atoms with van der Waals surface area (Å²) in [5.74, 6) is 0.723. The third kappa shape index (κ3) is 2.59. The van der Waals surface area contributed by atoms with Gasteiger partial charge in [0, 0.05) is 44.3 Å². The standard InChI is InChI=1S/C17H18N8/c1-19-16-7-20-6-15(23-16)14-5-22-17-13(14)3-11(4-21-17)25-8-12(9-25)24(2)10-18/h3-7,12H,8-9H2,1-2H3,(H,19,23)(H,21,22). The molecule has 3 aromatic heterocycles. The predicted octanol–water partition coefficient (Wildman–Crippen LogP) is 1.66. The molecule has 25 heavy (non-hydrogen) atoms. The molecule has 4 heterocycles. The molecule has 1 saturated heterocycles. The molecule has 2 N–H and O–H groups in total. The summed E-state index contributed by atoms with van der Waals surface area (Å²) in [6, 6.07) is 2.38. The van der Waals surface area contributed by atoms with E-state index in [9.17, 15) is 0 Å². The average molecular weight is 334 g/mol. The van der Waals surface area contributed by atoms with Gasteiger partial charge in [0.15, 0.2) is 6.19 Å². The minimum Gasteiger partial charge on any atom is -0.372 e. The molecule has 0 amide bonds. The molecule has 126 valence electrons. The smallest absolute Gasteiger partial charge is 0.179 e. The van der Waals surface area contributed by atoms with Crippen LogP contribution in [0.2, 0.25) is 0 Å². The lowest BCUT2D eigenvalue weighted by atomic mass is 10.1. The summed E-state index contributed by atoms with van der Waals surface area (Å²) in [5, 5.41) is 13.0. The van der Waals surface area contributed by atoms with Crippen molar-refractivity contribution in [2.75, 3.05) is 37.4 Å². The van der Waals surface area contributed by atoms with Crippen molar-refractivity contribution in [1.82, 2.24) is 24.8 Å². The highest BCUT2D eigenvalue weighted by Gasteiger charge is 2.30. The van der Waals surface area contributed by atoms with Crippen LogP contribution >= 0.6 is 0 Å². The van der Waals surface area contributed by atoms with E-state index in [4.69, 9.17) is 5.26 Å². The molecule has 1 fully saturated rings. The van der Waals surface area contributed by atoms with Gasteiger partial charge in [-0.2, -0.15) is 5.26 Å². The highest BCUT2D eigenvalue weighted by atomic mass is 15.3. The second kappa shape index (κ2) is 5.94. The molecule has 1 aliphatic rings. The molecule has 0 spiro atoms. The molecule has 8 nitrogen and oxygen atoms in total. The lowest BCUT2D eigenvalue weighted by Gasteiger charge is -2.43. The summed E-state index contributed by atoms with van der Waals surface area (Å²) in [6.45, 7) is 1.65. The molecule has 8 heteroatoms. The zero-order valence-electron chi connectivity index (χ0n) is 14.1. The van der Waals surface area contributed by atoms with Crippen molar-refractivity contribution in [2.45, 2.75) is 6.04 Å². The fourth-order valence-corrected chi connectivity index (χ4v) is 2.99. The number of nitrogens with one attached hydrogen (secondary N) is 2. The van der Waals surface area contributed by atoms with Crippen LogP contribution in [0.3, 0.4) is 0 Å². The van der Waals surface area contributed by atoms with Gasteiger partial charge in [0.05, 0.1) is 36.0 Å². The van der Waals surface area contributed by atoms with E-state index in [2.05, 4.69) is 42.4 Å². The normalized spacial score (nSPS) is 14.2. The minimum atomic E-state index is 0.268. The van der Waals surface area contributed by atoms with E-state index in [0.717, 1.165) is 46.9 Å². The lowest BCUT2D eigenvalue weighted by Crippen LogP contribution is -2.57. The Labute approximate surface area is 145 Å². The van der Waals surface area contributed by atoms with Gasteiger partial charge in [0.1, 0.15) is 11.5 Å². The molecule has 0 radical (unpaired) electrons. The van der Waals surface area contributed by atoms with E-state index >= 15 is 0 Å². The fraction of sp³-hybridized carbons (Fsp3) is 0.294. The summed E-state index contributed by atoms with van der Waals surface area (Å²) in [4.78, 5) is 20.4. The van der Waals surface area contributed by atoms with Crippen LogP contribution in [-0.4, -0.2) is 58.1 Å². The summed E-state index contributed by atoms with van der Waals surface area (Å²) in [6.07, 6.45) is 9.38. The van der Waals surface area contributed by atoms with Crippen LogP contribution in [-0.2, 0) is 0 Å². The molecule has 0 bridgehead atoms. The SMILES string of the molecule is CNc1cncc(-c2c[nH]c3ncc(N4CC(N(C)C#N)C4)cc23)n1. The van der Waals surface area contributed by atoms with E-state index in [1.807, 2.05) is 26.5 Å². The van der Waals surface area contributed by atoms with Crippen LogP contribution in [0.5, 0.6) is 0 Å². The minimum absolute atomic E-state index is 0.268. The quantitative estimate of drug-likeness (QED) is 0.553. The Morgan fingerprint density at radius 3 is 2.96 bits per heavy atom. The van der Waals surface area contributed by atoms with E-state index in [1.54, 1.807) is 17.3 Å². The van der Waals surface area contributed by atoms with Gasteiger partial charge in [-0.25, -0.2) is 9.97 Å². The van der Waals surface area contributed by atoms with Gasteiger partial charge in [-0.3, -0.25) is 4.98 Å². The Kier molecular flexibility index (Phi) is 3.61. The van der Waals surface area contributed by atoms with Crippen LogP contribution < -0.4 is 10.2 Å². The number of fused-ring (bicyclic) bond motifs is 1. The summed E-state index contributed by atoms with van der Waals surface area (Å²) in [5.41, 5.74) is 3.64. The number of hydrogen-bond acceptors (Lipinski definition) is 7. The number of nitrogens with zero attached hydrogens (tertiary/aromatic N) is 6. The molecule has 0 atom stereocenters. The molecule has 1 aliphatic heterocycles. The Bertz CT molecular complexity index is 951. The number of likely N-dealkylation sites (N-methyl/N-ethyl adjacent to an activating group) is 1. The molecule has 0 aliphatic carbocycles. The van der Waals surface area contributed by atoms with Gasteiger partial charge in [-0.1, -0.05) is 0 Å². The number of nitriles is 1. The number of pyridine rings is 1. The van der Waals surface area contributed by atoms with Crippen LogP contribution in [0.4, 0.5) is 11.5 Å². The lowest BCUT2D eigenvalue weighted by molar-refractivity contribution is 0.286. The van der Waals surface area contributed by atoms with Crippen molar-refractivity contribution in [3.8, 4) is 17.5 Å². The number of aromatic nitrogens is 4. The highest BCUT2D eigenvalue weighted by Crippen LogP contribution is 2.31. The second-order valence-corrected chi connectivity index (χ2v) is 6.10. The number of rotatable bonds is 4. The predicted molar refractivity (Wildman–Crippen MR) is 96.0 cm³/mol. The molecule has 3 aromatic rings. The Balaban J connectivity index is 1.66. The van der Waals surface area contributed by atoms with Gasteiger partial charge in [-0.05, 0) is 6.07 Å². The maximum Gasteiger partial charge on any atom is 0.179 e. The van der Waals surface area contributed by atoms with Gasteiger partial charge in [0.25, 0.3) is 0 Å². The first-order valence-electron chi connectivity index (χ1n) is 8.04. The van der Waals surface area contributed by atoms with Crippen LogP contribution in [0.1, 0.15) is 0 Å². The van der Waals surface area contributed by atoms with E-state index < -0.39 is 0 Å². The van der Waals surface area contributed by atoms with E-state index in [1.165, 1.54) is 0 Å². The molecule has 4 rings (SSSR count). The number of aromatic amines is 1. The zero-order chi connectivity index (χ0) is 17.4.